The number of nitro benzene ring substituents is 1. The van der Waals surface area contributed by atoms with Crippen LogP contribution in [0.4, 0.5) is 11.4 Å². The quantitative estimate of drug-likeness (QED) is 0.332. The van der Waals surface area contributed by atoms with Crippen LogP contribution >= 0.6 is 11.6 Å². The van der Waals surface area contributed by atoms with Crippen LogP contribution in [-0.2, 0) is 0 Å². The van der Waals surface area contributed by atoms with Gasteiger partial charge in [-0.05, 0) is 43.2 Å². The van der Waals surface area contributed by atoms with E-state index in [9.17, 15) is 14.9 Å². The van der Waals surface area contributed by atoms with Gasteiger partial charge in [0.1, 0.15) is 0 Å². The molecule has 0 saturated heterocycles. The first-order valence-electron chi connectivity index (χ1n) is 8.85. The maximum absolute atomic E-state index is 12.1. The number of amides is 1. The summed E-state index contributed by atoms with van der Waals surface area (Å²) in [4.78, 5) is 26.7. The number of rotatable bonds is 8. The van der Waals surface area contributed by atoms with Crippen LogP contribution in [0.2, 0.25) is 5.02 Å². The molecule has 7 nitrogen and oxygen atoms in total. The van der Waals surface area contributed by atoms with Gasteiger partial charge in [-0.25, -0.2) is 0 Å². The minimum Gasteiger partial charge on any atom is -0.384 e. The predicted molar refractivity (Wildman–Crippen MR) is 110 cm³/mol. The van der Waals surface area contributed by atoms with E-state index in [1.165, 1.54) is 18.2 Å². The maximum Gasteiger partial charge on any atom is 0.270 e. The van der Waals surface area contributed by atoms with Crippen molar-refractivity contribution in [2.45, 2.75) is 12.8 Å². The molecule has 1 amide bonds. The number of nitrogens with zero attached hydrogens (tertiary/aromatic N) is 2. The molecule has 0 spiro atoms. The van der Waals surface area contributed by atoms with Crippen LogP contribution in [0.25, 0.3) is 10.9 Å². The van der Waals surface area contributed by atoms with Crippen molar-refractivity contribution in [3.05, 3.63) is 75.4 Å². The van der Waals surface area contributed by atoms with Crippen molar-refractivity contribution in [1.82, 2.24) is 10.3 Å². The fourth-order valence-electron chi connectivity index (χ4n) is 2.81. The number of hydrogen-bond donors (Lipinski definition) is 2. The Morgan fingerprint density at radius 3 is 2.75 bits per heavy atom. The smallest absolute Gasteiger partial charge is 0.270 e. The molecule has 2 N–H and O–H groups in total. The van der Waals surface area contributed by atoms with Crippen LogP contribution in [0.1, 0.15) is 23.2 Å². The highest BCUT2D eigenvalue weighted by Gasteiger charge is 2.10. The van der Waals surface area contributed by atoms with E-state index in [1.54, 1.807) is 12.3 Å². The lowest BCUT2D eigenvalue weighted by molar-refractivity contribution is -0.384. The molecule has 1 aromatic heterocycles. The van der Waals surface area contributed by atoms with Gasteiger partial charge in [-0.1, -0.05) is 17.7 Å². The molecule has 2 aromatic carbocycles. The van der Waals surface area contributed by atoms with Crippen LogP contribution in [-0.4, -0.2) is 28.9 Å². The summed E-state index contributed by atoms with van der Waals surface area (Å²) >= 11 is 6.00. The number of unbranched alkanes of at least 4 members (excludes halogenated alkanes) is 1. The number of aromatic nitrogens is 1. The van der Waals surface area contributed by atoms with Gasteiger partial charge in [0.2, 0.25) is 0 Å². The lowest BCUT2D eigenvalue weighted by atomic mass is 10.2. The number of carbonyl (C=O) groups is 1. The monoisotopic (exact) mass is 398 g/mol. The molecule has 3 aromatic rings. The number of nitrogens with one attached hydrogen (secondary N) is 2. The molecule has 0 saturated carbocycles. The summed E-state index contributed by atoms with van der Waals surface area (Å²) in [6.07, 6.45) is 3.37. The highest BCUT2D eigenvalue weighted by molar-refractivity contribution is 6.31. The minimum absolute atomic E-state index is 0.0947. The highest BCUT2D eigenvalue weighted by atomic mass is 35.5. The molecule has 0 aliphatic rings. The summed E-state index contributed by atoms with van der Waals surface area (Å²) in [5.74, 6) is -0.311. The molecule has 0 bridgehead atoms. The first-order chi connectivity index (χ1) is 13.5. The number of benzene rings is 2. The largest absolute Gasteiger partial charge is 0.384 e. The van der Waals surface area contributed by atoms with E-state index < -0.39 is 4.92 Å². The van der Waals surface area contributed by atoms with E-state index >= 15 is 0 Å². The topological polar surface area (TPSA) is 97.2 Å². The fourth-order valence-corrected chi connectivity index (χ4v) is 2.98. The minimum atomic E-state index is -0.515. The van der Waals surface area contributed by atoms with Crippen LogP contribution in [0.3, 0.4) is 0 Å². The summed E-state index contributed by atoms with van der Waals surface area (Å²) in [5.41, 5.74) is 2.01. The number of fused-ring (bicyclic) bond motifs is 1. The van der Waals surface area contributed by atoms with Crippen LogP contribution < -0.4 is 10.6 Å². The van der Waals surface area contributed by atoms with Crippen molar-refractivity contribution in [2.24, 2.45) is 0 Å². The third kappa shape index (κ3) is 4.95. The van der Waals surface area contributed by atoms with Gasteiger partial charge in [-0.3, -0.25) is 19.9 Å². The molecule has 0 atom stereocenters. The second-order valence-electron chi connectivity index (χ2n) is 6.22. The molecule has 0 unspecified atom stereocenters. The van der Waals surface area contributed by atoms with E-state index in [2.05, 4.69) is 15.6 Å². The second-order valence-corrected chi connectivity index (χ2v) is 6.65. The molecule has 0 radical (unpaired) electrons. The number of nitro groups is 1. The molecular weight excluding hydrogens is 380 g/mol. The normalized spacial score (nSPS) is 10.6. The van der Waals surface area contributed by atoms with E-state index in [-0.39, 0.29) is 17.2 Å². The molecule has 0 aliphatic heterocycles. The van der Waals surface area contributed by atoms with Crippen molar-refractivity contribution >= 4 is 39.8 Å². The first kappa shape index (κ1) is 19.6. The summed E-state index contributed by atoms with van der Waals surface area (Å²) < 4.78 is 0. The van der Waals surface area contributed by atoms with E-state index in [0.29, 0.717) is 11.6 Å². The van der Waals surface area contributed by atoms with Gasteiger partial charge in [-0.2, -0.15) is 0 Å². The fraction of sp³-hybridized carbons (Fsp3) is 0.200. The zero-order valence-electron chi connectivity index (χ0n) is 15.0. The number of carbonyl (C=O) groups excluding carboxylic acids is 1. The molecule has 8 heteroatoms. The summed E-state index contributed by atoms with van der Waals surface area (Å²) in [5, 5.41) is 18.6. The Morgan fingerprint density at radius 2 is 1.93 bits per heavy atom. The Morgan fingerprint density at radius 1 is 1.11 bits per heavy atom. The zero-order chi connectivity index (χ0) is 19.9. The molecule has 1 heterocycles. The number of pyridine rings is 1. The Hall–Kier alpha value is -3.19. The van der Waals surface area contributed by atoms with Gasteiger partial charge in [0.15, 0.2) is 0 Å². The summed E-state index contributed by atoms with van der Waals surface area (Å²) in [6, 6.07) is 13.2. The average molecular weight is 399 g/mol. The molecule has 28 heavy (non-hydrogen) atoms. The Bertz CT molecular complexity index is 1010. The van der Waals surface area contributed by atoms with Gasteiger partial charge in [-0.15, -0.1) is 0 Å². The molecule has 144 valence electrons. The molecule has 3 rings (SSSR count). The van der Waals surface area contributed by atoms with E-state index in [0.717, 1.165) is 36.0 Å². The van der Waals surface area contributed by atoms with E-state index in [4.69, 9.17) is 11.6 Å². The zero-order valence-corrected chi connectivity index (χ0v) is 15.8. The van der Waals surface area contributed by atoms with Crippen molar-refractivity contribution < 1.29 is 9.72 Å². The average Bonchev–Trinajstić information content (AvgIpc) is 2.70. The first-order valence-corrected chi connectivity index (χ1v) is 9.23. The van der Waals surface area contributed by atoms with Crippen LogP contribution in [0.15, 0.2) is 54.7 Å². The number of hydrogen-bond acceptors (Lipinski definition) is 5. The lowest BCUT2D eigenvalue weighted by Crippen LogP contribution is -2.24. The van der Waals surface area contributed by atoms with Crippen molar-refractivity contribution in [3.63, 3.8) is 0 Å². The summed E-state index contributed by atoms with van der Waals surface area (Å²) in [7, 11) is 0. The van der Waals surface area contributed by atoms with Gasteiger partial charge < -0.3 is 10.6 Å². The standard InChI is InChI=1S/C20H19ClN4O3/c21-15-6-7-17-18(8-11-23-19(17)13-15)22-9-1-2-10-24-20(26)14-4-3-5-16(12-14)25(27)28/h3-8,11-13H,1-2,9-10H2,(H,22,23)(H,24,26). The maximum atomic E-state index is 12.1. The Balaban J connectivity index is 1.44. The number of halogens is 1. The van der Waals surface area contributed by atoms with Gasteiger partial charge in [0, 0.05) is 53.1 Å². The van der Waals surface area contributed by atoms with Crippen LogP contribution in [0, 0.1) is 10.1 Å². The lowest BCUT2D eigenvalue weighted by Gasteiger charge is -2.10. The van der Waals surface area contributed by atoms with Crippen LogP contribution in [0.5, 0.6) is 0 Å². The predicted octanol–water partition coefficient (Wildman–Crippen LogP) is 4.42. The molecular formula is C20H19ClN4O3. The second kappa shape index (κ2) is 9.14. The van der Waals surface area contributed by atoms with Crippen molar-refractivity contribution in [3.8, 4) is 0 Å². The van der Waals surface area contributed by atoms with Gasteiger partial charge in [0.25, 0.3) is 11.6 Å². The molecule has 0 aliphatic carbocycles. The summed E-state index contributed by atoms with van der Waals surface area (Å²) in [6.45, 7) is 1.24. The SMILES string of the molecule is O=C(NCCCCNc1ccnc2cc(Cl)ccc12)c1cccc([N+](=O)[O-])c1. The number of non-ortho nitro benzene ring substituents is 1. The Kier molecular flexibility index (Phi) is 6.39. The number of anilines is 1. The van der Waals surface area contributed by atoms with Crippen molar-refractivity contribution in [1.29, 1.82) is 0 Å². The van der Waals surface area contributed by atoms with Crippen molar-refractivity contribution in [2.75, 3.05) is 18.4 Å². The Labute approximate surface area is 166 Å². The van der Waals surface area contributed by atoms with Gasteiger partial charge in [0.05, 0.1) is 10.4 Å². The van der Waals surface area contributed by atoms with Gasteiger partial charge >= 0.3 is 0 Å². The molecule has 0 fully saturated rings. The third-order valence-corrected chi connectivity index (χ3v) is 4.46. The highest BCUT2D eigenvalue weighted by Crippen LogP contribution is 2.24. The van der Waals surface area contributed by atoms with E-state index in [1.807, 2.05) is 24.3 Å². The third-order valence-electron chi connectivity index (χ3n) is 4.23.